The number of ketones is 1. The van der Waals surface area contributed by atoms with Crippen molar-refractivity contribution in [1.29, 1.82) is 0 Å². The van der Waals surface area contributed by atoms with Crippen molar-refractivity contribution in [3.8, 4) is 11.5 Å². The molecule has 1 aromatic heterocycles. The van der Waals surface area contributed by atoms with Crippen LogP contribution in [-0.4, -0.2) is 22.0 Å². The van der Waals surface area contributed by atoms with Crippen LogP contribution in [0.4, 0.5) is 0 Å². The molecule has 0 atom stereocenters. The highest BCUT2D eigenvalue weighted by molar-refractivity contribution is 5.94. The number of benzene rings is 1. The molecule has 7 heteroatoms. The average molecular weight is 318 g/mol. The fourth-order valence-corrected chi connectivity index (χ4v) is 2.07. The number of hydrogen-bond donors (Lipinski definition) is 0. The first-order valence-corrected chi connectivity index (χ1v) is 6.93. The summed E-state index contributed by atoms with van der Waals surface area (Å²) in [7, 11) is 4.45. The van der Waals surface area contributed by atoms with Gasteiger partial charge in [-0.25, -0.2) is 4.79 Å². The van der Waals surface area contributed by atoms with Crippen LogP contribution in [0, 0.1) is 0 Å². The zero-order valence-corrected chi connectivity index (χ0v) is 13.5. The first-order valence-electron chi connectivity index (χ1n) is 6.93. The number of nitrogens with zero attached hydrogens (tertiary/aromatic N) is 2. The van der Waals surface area contributed by atoms with E-state index in [1.54, 1.807) is 25.2 Å². The smallest absolute Gasteiger partial charge is 0.330 e. The van der Waals surface area contributed by atoms with Gasteiger partial charge in [0, 0.05) is 25.7 Å². The SMILES string of the molecule is COc1cc(C(C)=O)ccc1OCc1cc(=O)n(C)c(=O)n1C. The van der Waals surface area contributed by atoms with E-state index in [0.717, 1.165) is 4.57 Å². The lowest BCUT2D eigenvalue weighted by atomic mass is 10.1. The molecular formula is C16H18N2O5. The summed E-state index contributed by atoms with van der Waals surface area (Å²) in [5.74, 6) is 0.751. The monoisotopic (exact) mass is 318 g/mol. The molecule has 7 nitrogen and oxygen atoms in total. The van der Waals surface area contributed by atoms with Gasteiger partial charge in [-0.05, 0) is 25.1 Å². The minimum absolute atomic E-state index is 0.0254. The van der Waals surface area contributed by atoms with E-state index in [9.17, 15) is 14.4 Å². The fourth-order valence-electron chi connectivity index (χ4n) is 2.07. The highest BCUT2D eigenvalue weighted by Crippen LogP contribution is 2.28. The zero-order valence-electron chi connectivity index (χ0n) is 13.5. The third-order valence-electron chi connectivity index (χ3n) is 3.57. The molecular weight excluding hydrogens is 300 g/mol. The molecule has 0 spiro atoms. The van der Waals surface area contributed by atoms with Crippen molar-refractivity contribution in [1.82, 2.24) is 9.13 Å². The Hall–Kier alpha value is -2.83. The van der Waals surface area contributed by atoms with Gasteiger partial charge in [-0.15, -0.1) is 0 Å². The van der Waals surface area contributed by atoms with Gasteiger partial charge in [0.1, 0.15) is 6.61 Å². The van der Waals surface area contributed by atoms with Crippen LogP contribution in [0.5, 0.6) is 11.5 Å². The van der Waals surface area contributed by atoms with Gasteiger partial charge in [-0.1, -0.05) is 0 Å². The molecule has 1 heterocycles. The molecule has 0 bridgehead atoms. The molecule has 0 fully saturated rings. The first kappa shape index (κ1) is 16.5. The lowest BCUT2D eigenvalue weighted by molar-refractivity contribution is 0.101. The van der Waals surface area contributed by atoms with Crippen molar-refractivity contribution in [2.24, 2.45) is 14.1 Å². The molecule has 0 unspecified atom stereocenters. The number of hydrogen-bond acceptors (Lipinski definition) is 5. The molecule has 122 valence electrons. The minimum atomic E-state index is -0.421. The highest BCUT2D eigenvalue weighted by atomic mass is 16.5. The van der Waals surface area contributed by atoms with Crippen molar-refractivity contribution in [3.63, 3.8) is 0 Å². The molecule has 0 aliphatic rings. The van der Waals surface area contributed by atoms with Gasteiger partial charge >= 0.3 is 5.69 Å². The highest BCUT2D eigenvalue weighted by Gasteiger charge is 2.11. The van der Waals surface area contributed by atoms with E-state index in [1.807, 2.05) is 0 Å². The number of carbonyl (C=O) groups excluding carboxylic acids is 1. The van der Waals surface area contributed by atoms with Gasteiger partial charge in [0.05, 0.1) is 12.8 Å². The van der Waals surface area contributed by atoms with Crippen LogP contribution in [0.25, 0.3) is 0 Å². The van der Waals surface area contributed by atoms with Crippen LogP contribution < -0.4 is 20.7 Å². The van der Waals surface area contributed by atoms with Crippen LogP contribution in [0.15, 0.2) is 33.9 Å². The van der Waals surface area contributed by atoms with Crippen LogP contribution in [-0.2, 0) is 20.7 Å². The molecule has 1 aromatic carbocycles. The van der Waals surface area contributed by atoms with Crippen molar-refractivity contribution >= 4 is 5.78 Å². The fraction of sp³-hybridized carbons (Fsp3) is 0.312. The first-order chi connectivity index (χ1) is 10.8. The summed E-state index contributed by atoms with van der Waals surface area (Å²) in [5, 5.41) is 0. The van der Waals surface area contributed by atoms with Crippen LogP contribution in [0.1, 0.15) is 23.0 Å². The Morgan fingerprint density at radius 3 is 2.39 bits per heavy atom. The van der Waals surface area contributed by atoms with Crippen molar-refractivity contribution in [2.75, 3.05) is 7.11 Å². The second-order valence-corrected chi connectivity index (χ2v) is 5.09. The Labute approximate surface area is 132 Å². The van der Waals surface area contributed by atoms with E-state index in [0.29, 0.717) is 22.8 Å². The van der Waals surface area contributed by atoms with E-state index >= 15 is 0 Å². The van der Waals surface area contributed by atoms with E-state index in [-0.39, 0.29) is 12.4 Å². The normalized spacial score (nSPS) is 10.4. The molecule has 0 N–H and O–H groups in total. The van der Waals surface area contributed by atoms with Gasteiger partial charge in [-0.3, -0.25) is 18.7 Å². The van der Waals surface area contributed by atoms with E-state index < -0.39 is 11.2 Å². The maximum absolute atomic E-state index is 11.9. The number of rotatable bonds is 5. The van der Waals surface area contributed by atoms with Crippen LogP contribution in [0.3, 0.4) is 0 Å². The second-order valence-electron chi connectivity index (χ2n) is 5.09. The number of carbonyl (C=O) groups is 1. The third-order valence-corrected chi connectivity index (χ3v) is 3.57. The second kappa shape index (κ2) is 6.51. The number of methoxy groups -OCH3 is 1. The Bertz CT molecular complexity index is 864. The molecule has 23 heavy (non-hydrogen) atoms. The lowest BCUT2D eigenvalue weighted by Gasteiger charge is -2.13. The number of ether oxygens (including phenoxy) is 2. The Balaban J connectivity index is 2.30. The topological polar surface area (TPSA) is 79.5 Å². The van der Waals surface area contributed by atoms with Gasteiger partial charge in [0.25, 0.3) is 5.56 Å². The summed E-state index contributed by atoms with van der Waals surface area (Å²) in [6.07, 6.45) is 0. The zero-order chi connectivity index (χ0) is 17.1. The minimum Gasteiger partial charge on any atom is -0.493 e. The quantitative estimate of drug-likeness (QED) is 0.765. The van der Waals surface area contributed by atoms with Gasteiger partial charge < -0.3 is 9.47 Å². The molecule has 0 saturated carbocycles. The lowest BCUT2D eigenvalue weighted by Crippen LogP contribution is -2.38. The average Bonchev–Trinajstić information content (AvgIpc) is 2.54. The number of aromatic nitrogens is 2. The third kappa shape index (κ3) is 3.33. The molecule has 0 radical (unpaired) electrons. The van der Waals surface area contributed by atoms with Gasteiger partial charge in [0.15, 0.2) is 17.3 Å². The van der Waals surface area contributed by atoms with Crippen LogP contribution in [0.2, 0.25) is 0 Å². The van der Waals surface area contributed by atoms with E-state index in [2.05, 4.69) is 0 Å². The largest absolute Gasteiger partial charge is 0.493 e. The molecule has 2 rings (SSSR count). The summed E-state index contributed by atoms with van der Waals surface area (Å²) >= 11 is 0. The van der Waals surface area contributed by atoms with Crippen molar-refractivity contribution in [3.05, 3.63) is 56.4 Å². The predicted octanol–water partition coefficient (Wildman–Crippen LogP) is 0.874. The van der Waals surface area contributed by atoms with Crippen molar-refractivity contribution < 1.29 is 14.3 Å². The van der Waals surface area contributed by atoms with Crippen molar-refractivity contribution in [2.45, 2.75) is 13.5 Å². The summed E-state index contributed by atoms with van der Waals surface area (Å²) in [5.41, 5.74) is 0.131. The van der Waals surface area contributed by atoms with E-state index in [1.165, 1.54) is 31.7 Å². The summed E-state index contributed by atoms with van der Waals surface area (Å²) in [6, 6.07) is 6.18. The Morgan fingerprint density at radius 1 is 1.09 bits per heavy atom. The summed E-state index contributed by atoms with van der Waals surface area (Å²) in [4.78, 5) is 35.0. The Morgan fingerprint density at radius 2 is 1.78 bits per heavy atom. The Kier molecular flexibility index (Phi) is 4.68. The van der Waals surface area contributed by atoms with E-state index in [4.69, 9.17) is 9.47 Å². The van der Waals surface area contributed by atoms with Crippen LogP contribution >= 0.6 is 0 Å². The molecule has 0 aliphatic heterocycles. The predicted molar refractivity (Wildman–Crippen MR) is 84.3 cm³/mol. The molecule has 0 saturated heterocycles. The summed E-state index contributed by atoms with van der Waals surface area (Å²) in [6.45, 7) is 1.49. The molecule has 0 aliphatic carbocycles. The molecule has 2 aromatic rings. The van der Waals surface area contributed by atoms with Gasteiger partial charge in [0.2, 0.25) is 0 Å². The number of Topliss-reactive ketones (excluding diaryl/α,β-unsaturated/α-hetero) is 1. The maximum atomic E-state index is 11.9. The maximum Gasteiger partial charge on any atom is 0.330 e. The standard InChI is InChI=1S/C16H18N2O5/c1-10(19)11-5-6-13(14(7-11)22-4)23-9-12-8-15(20)18(3)16(21)17(12)2/h5-8H,9H2,1-4H3. The van der Waals surface area contributed by atoms with Gasteiger partial charge in [-0.2, -0.15) is 0 Å². The molecule has 0 amide bonds. The summed E-state index contributed by atoms with van der Waals surface area (Å²) < 4.78 is 13.2.